The van der Waals surface area contributed by atoms with E-state index >= 15 is 0 Å². The summed E-state index contributed by atoms with van der Waals surface area (Å²) in [4.78, 5) is 19.3. The molecule has 1 saturated heterocycles. The van der Waals surface area contributed by atoms with Gasteiger partial charge < -0.3 is 19.9 Å². The molecule has 2 atom stereocenters. The molecule has 0 spiro atoms. The Kier molecular flexibility index (Phi) is 5.41. The van der Waals surface area contributed by atoms with Gasteiger partial charge in [-0.2, -0.15) is 0 Å². The van der Waals surface area contributed by atoms with Crippen molar-refractivity contribution in [2.24, 2.45) is 0 Å². The highest BCUT2D eigenvalue weighted by atomic mass is 16.5. The number of likely N-dealkylation sites (N-methyl/N-ethyl adjacent to an activating group) is 1. The van der Waals surface area contributed by atoms with Crippen LogP contribution in [0, 0.1) is 0 Å². The van der Waals surface area contributed by atoms with Gasteiger partial charge in [0.25, 0.3) is 5.91 Å². The summed E-state index contributed by atoms with van der Waals surface area (Å²) >= 11 is 0. The highest BCUT2D eigenvalue weighted by Crippen LogP contribution is 2.25. The Balaban J connectivity index is 1.85. The lowest BCUT2D eigenvalue weighted by molar-refractivity contribution is -0.105. The predicted octanol–water partition coefficient (Wildman–Crippen LogP) is 1.05. The molecule has 1 aliphatic heterocycles. The van der Waals surface area contributed by atoms with E-state index in [0.717, 1.165) is 5.39 Å². The number of aliphatic hydroxyl groups is 1. The van der Waals surface area contributed by atoms with Crippen molar-refractivity contribution in [2.75, 3.05) is 40.5 Å². The molecule has 1 aromatic heterocycles. The number of aromatic nitrogens is 1. The first-order chi connectivity index (χ1) is 12.5. The van der Waals surface area contributed by atoms with Crippen LogP contribution < -0.4 is 10.1 Å². The lowest BCUT2D eigenvalue weighted by Crippen LogP contribution is -2.65. The van der Waals surface area contributed by atoms with Crippen LogP contribution in [0.3, 0.4) is 0 Å². The topological polar surface area (TPSA) is 83.9 Å². The van der Waals surface area contributed by atoms with Crippen molar-refractivity contribution >= 4 is 16.8 Å². The van der Waals surface area contributed by atoms with Gasteiger partial charge in [-0.3, -0.25) is 14.7 Å². The number of carbonyl (C=O) groups is 1. The second-order valence-electron chi connectivity index (χ2n) is 6.79. The van der Waals surface area contributed by atoms with E-state index in [1.807, 2.05) is 32.2 Å². The summed E-state index contributed by atoms with van der Waals surface area (Å²) in [6.45, 7) is 3.17. The normalized spacial score (nSPS) is 23.8. The third-order valence-corrected chi connectivity index (χ3v) is 5.17. The van der Waals surface area contributed by atoms with Crippen LogP contribution in [-0.2, 0) is 4.74 Å². The van der Waals surface area contributed by atoms with Crippen molar-refractivity contribution in [2.45, 2.75) is 18.5 Å². The first-order valence-corrected chi connectivity index (χ1v) is 8.63. The van der Waals surface area contributed by atoms with Gasteiger partial charge in [-0.1, -0.05) is 6.07 Å². The van der Waals surface area contributed by atoms with Gasteiger partial charge in [0.2, 0.25) is 0 Å². The number of aliphatic hydroxyl groups excluding tert-OH is 1. The number of hydrogen-bond donors (Lipinski definition) is 2. The minimum Gasteiger partial charge on any atom is -0.497 e. The molecule has 7 heteroatoms. The molecule has 1 aliphatic rings. The minimum absolute atomic E-state index is 0.106. The molecule has 2 N–H and O–H groups in total. The molecule has 1 aromatic carbocycles. The van der Waals surface area contributed by atoms with Gasteiger partial charge in [0.1, 0.15) is 5.75 Å². The first kappa shape index (κ1) is 18.6. The van der Waals surface area contributed by atoms with Crippen LogP contribution in [0.4, 0.5) is 0 Å². The molecule has 0 saturated carbocycles. The number of fused-ring (bicyclic) bond motifs is 1. The first-order valence-electron chi connectivity index (χ1n) is 8.63. The zero-order valence-electron chi connectivity index (χ0n) is 15.4. The van der Waals surface area contributed by atoms with E-state index in [0.29, 0.717) is 30.0 Å². The van der Waals surface area contributed by atoms with E-state index in [4.69, 9.17) is 9.47 Å². The van der Waals surface area contributed by atoms with Crippen LogP contribution in [0.15, 0.2) is 30.5 Å². The van der Waals surface area contributed by atoms with Gasteiger partial charge in [-0.25, -0.2) is 0 Å². The minimum atomic E-state index is -0.643. The third-order valence-electron chi connectivity index (χ3n) is 5.17. The lowest BCUT2D eigenvalue weighted by atomic mass is 9.95. The number of nitrogens with zero attached hydrogens (tertiary/aromatic N) is 2. The summed E-state index contributed by atoms with van der Waals surface area (Å²) in [5.74, 6) is 0.339. The van der Waals surface area contributed by atoms with Crippen LogP contribution in [0.25, 0.3) is 10.9 Å². The number of ether oxygens (including phenoxy) is 2. The van der Waals surface area contributed by atoms with Crippen LogP contribution in [-0.4, -0.2) is 73.0 Å². The molecule has 1 fully saturated rings. The lowest BCUT2D eigenvalue weighted by Gasteiger charge is -2.47. The molecular formula is C19H25N3O4. The summed E-state index contributed by atoms with van der Waals surface area (Å²) in [6.07, 6.45) is 1.66. The quantitative estimate of drug-likeness (QED) is 0.830. The van der Waals surface area contributed by atoms with E-state index in [2.05, 4.69) is 15.2 Å². The monoisotopic (exact) mass is 359 g/mol. The molecular weight excluding hydrogens is 334 g/mol. The van der Waals surface area contributed by atoms with Crippen molar-refractivity contribution in [1.82, 2.24) is 15.2 Å². The van der Waals surface area contributed by atoms with Gasteiger partial charge in [0, 0.05) is 24.2 Å². The summed E-state index contributed by atoms with van der Waals surface area (Å²) in [5.41, 5.74) is 0.418. The van der Waals surface area contributed by atoms with Crippen molar-refractivity contribution in [3.05, 3.63) is 36.0 Å². The van der Waals surface area contributed by atoms with Crippen molar-refractivity contribution in [3.63, 3.8) is 0 Å². The van der Waals surface area contributed by atoms with Gasteiger partial charge >= 0.3 is 0 Å². The summed E-state index contributed by atoms with van der Waals surface area (Å²) < 4.78 is 10.9. The standard InChI is InChI=1S/C19H25N3O4/c1-13-9-26-12-19(11-23,22(13)2)10-21-18(24)16-8-15(25-3)7-14-5-4-6-20-17(14)16/h4-8,13,23H,9-12H2,1-3H3,(H,21,24)/t13-,19+/m1/s1. The molecule has 7 nitrogen and oxygen atoms in total. The molecule has 0 radical (unpaired) electrons. The molecule has 0 aliphatic carbocycles. The van der Waals surface area contributed by atoms with Crippen molar-refractivity contribution in [1.29, 1.82) is 0 Å². The highest BCUT2D eigenvalue weighted by Gasteiger charge is 2.40. The average molecular weight is 359 g/mol. The Bertz CT molecular complexity index is 797. The number of amides is 1. The fraction of sp³-hybridized carbons (Fsp3) is 0.474. The van der Waals surface area contributed by atoms with Crippen LogP contribution in [0.2, 0.25) is 0 Å². The summed E-state index contributed by atoms with van der Waals surface area (Å²) in [6, 6.07) is 7.40. The van der Waals surface area contributed by atoms with Crippen molar-refractivity contribution in [3.8, 4) is 5.75 Å². The van der Waals surface area contributed by atoms with E-state index < -0.39 is 5.54 Å². The average Bonchev–Trinajstić information content (AvgIpc) is 2.68. The number of benzene rings is 1. The Morgan fingerprint density at radius 3 is 3.08 bits per heavy atom. The second-order valence-corrected chi connectivity index (χ2v) is 6.79. The van der Waals surface area contributed by atoms with E-state index in [-0.39, 0.29) is 25.1 Å². The maximum absolute atomic E-state index is 12.9. The van der Waals surface area contributed by atoms with E-state index in [1.165, 1.54) is 0 Å². The summed E-state index contributed by atoms with van der Waals surface area (Å²) in [7, 11) is 3.51. The maximum atomic E-state index is 12.9. The van der Waals surface area contributed by atoms with Gasteiger partial charge in [-0.05, 0) is 32.2 Å². The van der Waals surface area contributed by atoms with E-state index in [1.54, 1.807) is 19.4 Å². The second kappa shape index (κ2) is 7.57. The number of carbonyl (C=O) groups excluding carboxylic acids is 1. The number of hydrogen-bond acceptors (Lipinski definition) is 6. The Hall–Kier alpha value is -2.22. The van der Waals surface area contributed by atoms with Gasteiger partial charge in [0.15, 0.2) is 0 Å². The van der Waals surface area contributed by atoms with E-state index in [9.17, 15) is 9.90 Å². The molecule has 140 valence electrons. The molecule has 26 heavy (non-hydrogen) atoms. The fourth-order valence-corrected chi connectivity index (χ4v) is 3.29. The maximum Gasteiger partial charge on any atom is 0.253 e. The Morgan fingerprint density at radius 1 is 1.54 bits per heavy atom. The molecule has 0 bridgehead atoms. The fourth-order valence-electron chi connectivity index (χ4n) is 3.29. The molecule has 2 heterocycles. The van der Waals surface area contributed by atoms with Crippen molar-refractivity contribution < 1.29 is 19.4 Å². The summed E-state index contributed by atoms with van der Waals surface area (Å²) in [5, 5.41) is 13.7. The molecule has 0 unspecified atom stereocenters. The predicted molar refractivity (Wildman–Crippen MR) is 98.5 cm³/mol. The number of nitrogens with one attached hydrogen (secondary N) is 1. The third kappa shape index (κ3) is 3.38. The molecule has 1 amide bonds. The highest BCUT2D eigenvalue weighted by molar-refractivity contribution is 6.06. The Morgan fingerprint density at radius 2 is 2.35 bits per heavy atom. The van der Waals surface area contributed by atoms with Crippen LogP contribution >= 0.6 is 0 Å². The number of rotatable bonds is 5. The zero-order valence-corrected chi connectivity index (χ0v) is 15.4. The van der Waals surface area contributed by atoms with Gasteiger partial charge in [0.05, 0.1) is 43.5 Å². The molecule has 2 aromatic rings. The van der Waals surface area contributed by atoms with Crippen LogP contribution in [0.5, 0.6) is 5.75 Å². The smallest absolute Gasteiger partial charge is 0.253 e. The largest absolute Gasteiger partial charge is 0.497 e. The van der Waals surface area contributed by atoms with Crippen LogP contribution in [0.1, 0.15) is 17.3 Å². The zero-order chi connectivity index (χ0) is 18.7. The number of pyridine rings is 1. The number of methoxy groups -OCH3 is 1. The Labute approximate surface area is 152 Å². The van der Waals surface area contributed by atoms with Gasteiger partial charge in [-0.15, -0.1) is 0 Å². The number of morpholine rings is 1. The molecule has 3 rings (SSSR count). The SMILES string of the molecule is COc1cc(C(=O)NC[C@]2(CO)COC[C@@H](C)N2C)c2ncccc2c1.